The van der Waals surface area contributed by atoms with Crippen molar-refractivity contribution in [2.24, 2.45) is 5.73 Å². The Labute approximate surface area is 159 Å². The van der Waals surface area contributed by atoms with Crippen molar-refractivity contribution in [1.82, 2.24) is 4.90 Å². The topological polar surface area (TPSA) is 88.6 Å². The van der Waals surface area contributed by atoms with E-state index in [1.807, 2.05) is 17.0 Å². The quantitative estimate of drug-likeness (QED) is 0.618. The Morgan fingerprint density at radius 3 is 2.73 bits per heavy atom. The number of amides is 2. The Balaban J connectivity index is 1.68. The Morgan fingerprint density at radius 2 is 2.08 bits per heavy atom. The molecule has 136 valence electrons. The fraction of sp³-hybridized carbons (Fsp3) is 0.222. The summed E-state index contributed by atoms with van der Waals surface area (Å²) in [6.45, 7) is 3.39. The van der Waals surface area contributed by atoms with E-state index < -0.39 is 5.91 Å². The number of furan rings is 1. The van der Waals surface area contributed by atoms with Crippen molar-refractivity contribution in [3.8, 4) is 0 Å². The first-order valence-electron chi connectivity index (χ1n) is 7.98. The minimum atomic E-state index is -0.553. The lowest BCUT2D eigenvalue weighted by molar-refractivity contribution is -0.117. The van der Waals surface area contributed by atoms with Crippen LogP contribution >= 0.6 is 22.7 Å². The monoisotopic (exact) mass is 389 g/mol. The van der Waals surface area contributed by atoms with Crippen LogP contribution in [0.25, 0.3) is 0 Å². The first kappa shape index (κ1) is 18.4. The van der Waals surface area contributed by atoms with Crippen LogP contribution in [0.4, 0.5) is 5.00 Å². The number of primary amides is 1. The Kier molecular flexibility index (Phi) is 5.87. The van der Waals surface area contributed by atoms with Crippen molar-refractivity contribution in [3.05, 3.63) is 63.1 Å². The molecule has 0 aromatic carbocycles. The summed E-state index contributed by atoms with van der Waals surface area (Å²) in [5, 5.41) is 4.99. The molecule has 3 aromatic rings. The van der Waals surface area contributed by atoms with E-state index in [-0.39, 0.29) is 12.5 Å². The molecule has 0 unspecified atom stereocenters. The molecule has 0 spiro atoms. The standard InChI is InChI=1S/C18H19N3O3S2/c1-12-4-5-14(26-12)10-21(9-13-3-2-7-24-13)11-16(22)20-18-15(17(19)23)6-8-25-18/h2-8H,9-11H2,1H3,(H2,19,23)(H,20,22). The molecule has 6 nitrogen and oxygen atoms in total. The van der Waals surface area contributed by atoms with Gasteiger partial charge in [-0.1, -0.05) is 0 Å². The van der Waals surface area contributed by atoms with Crippen molar-refractivity contribution in [1.29, 1.82) is 0 Å². The molecule has 0 atom stereocenters. The molecule has 3 heterocycles. The molecule has 0 fully saturated rings. The van der Waals surface area contributed by atoms with Gasteiger partial charge in [-0.15, -0.1) is 22.7 Å². The summed E-state index contributed by atoms with van der Waals surface area (Å²) in [6.07, 6.45) is 1.62. The molecule has 2 amide bonds. The van der Waals surface area contributed by atoms with Gasteiger partial charge in [-0.05, 0) is 42.6 Å². The fourth-order valence-corrected chi connectivity index (χ4v) is 4.29. The van der Waals surface area contributed by atoms with E-state index in [4.69, 9.17) is 10.2 Å². The fourth-order valence-electron chi connectivity index (χ4n) is 2.55. The molecule has 0 saturated carbocycles. The van der Waals surface area contributed by atoms with Gasteiger partial charge in [0.15, 0.2) is 0 Å². The maximum absolute atomic E-state index is 12.5. The third-order valence-electron chi connectivity index (χ3n) is 3.69. The van der Waals surface area contributed by atoms with Crippen LogP contribution in [0.1, 0.15) is 25.9 Å². The highest BCUT2D eigenvalue weighted by Crippen LogP contribution is 2.23. The van der Waals surface area contributed by atoms with Crippen molar-refractivity contribution in [2.45, 2.75) is 20.0 Å². The van der Waals surface area contributed by atoms with Crippen LogP contribution in [0.2, 0.25) is 0 Å². The van der Waals surface area contributed by atoms with Crippen LogP contribution in [0.15, 0.2) is 46.4 Å². The van der Waals surface area contributed by atoms with E-state index in [1.165, 1.54) is 21.1 Å². The van der Waals surface area contributed by atoms with Crippen LogP contribution in [0.3, 0.4) is 0 Å². The van der Waals surface area contributed by atoms with Gasteiger partial charge in [-0.3, -0.25) is 14.5 Å². The van der Waals surface area contributed by atoms with E-state index in [9.17, 15) is 9.59 Å². The second-order valence-corrected chi connectivity index (χ2v) is 8.10. The third-order valence-corrected chi connectivity index (χ3v) is 5.50. The number of nitrogens with one attached hydrogen (secondary N) is 1. The van der Waals surface area contributed by atoms with Gasteiger partial charge in [0.2, 0.25) is 5.91 Å². The average molecular weight is 390 g/mol. The van der Waals surface area contributed by atoms with Crippen LogP contribution in [0.5, 0.6) is 0 Å². The second kappa shape index (κ2) is 8.31. The first-order valence-corrected chi connectivity index (χ1v) is 9.68. The van der Waals surface area contributed by atoms with Crippen molar-refractivity contribution >= 4 is 39.5 Å². The Morgan fingerprint density at radius 1 is 1.23 bits per heavy atom. The number of anilines is 1. The third kappa shape index (κ3) is 4.81. The molecule has 0 aliphatic rings. The molecule has 0 bridgehead atoms. The predicted molar refractivity (Wildman–Crippen MR) is 103 cm³/mol. The van der Waals surface area contributed by atoms with Crippen molar-refractivity contribution in [3.63, 3.8) is 0 Å². The second-order valence-electron chi connectivity index (χ2n) is 5.81. The molecule has 8 heteroatoms. The average Bonchev–Trinajstić information content (AvgIpc) is 3.30. The zero-order valence-corrected chi connectivity index (χ0v) is 15.9. The van der Waals surface area contributed by atoms with Crippen LogP contribution in [-0.2, 0) is 17.9 Å². The summed E-state index contributed by atoms with van der Waals surface area (Å²) < 4.78 is 5.42. The minimum absolute atomic E-state index is 0.174. The van der Waals surface area contributed by atoms with Gasteiger partial charge in [0.25, 0.3) is 5.91 Å². The van der Waals surface area contributed by atoms with E-state index in [0.717, 1.165) is 5.76 Å². The summed E-state index contributed by atoms with van der Waals surface area (Å²) >= 11 is 2.98. The molecular weight excluding hydrogens is 370 g/mol. The Bertz CT molecular complexity index is 883. The highest BCUT2D eigenvalue weighted by atomic mass is 32.1. The maximum atomic E-state index is 12.5. The number of thiophene rings is 2. The zero-order chi connectivity index (χ0) is 18.5. The maximum Gasteiger partial charge on any atom is 0.251 e. The summed E-state index contributed by atoms with van der Waals surface area (Å²) in [7, 11) is 0. The van der Waals surface area contributed by atoms with Crippen LogP contribution in [0, 0.1) is 6.92 Å². The highest BCUT2D eigenvalue weighted by Gasteiger charge is 2.17. The molecule has 0 radical (unpaired) electrons. The van der Waals surface area contributed by atoms with Gasteiger partial charge in [-0.25, -0.2) is 0 Å². The van der Waals surface area contributed by atoms with Crippen molar-refractivity contribution < 1.29 is 14.0 Å². The van der Waals surface area contributed by atoms with Gasteiger partial charge >= 0.3 is 0 Å². The molecule has 0 aliphatic heterocycles. The number of aryl methyl sites for hydroxylation is 1. The van der Waals surface area contributed by atoms with Gasteiger partial charge in [0.1, 0.15) is 10.8 Å². The number of nitrogens with zero attached hydrogens (tertiary/aromatic N) is 1. The number of nitrogens with two attached hydrogens (primary N) is 1. The summed E-state index contributed by atoms with van der Waals surface area (Å²) in [6, 6.07) is 9.45. The molecule has 0 saturated heterocycles. The van der Waals surface area contributed by atoms with Gasteiger partial charge in [0.05, 0.1) is 24.9 Å². The smallest absolute Gasteiger partial charge is 0.251 e. The van der Waals surface area contributed by atoms with Gasteiger partial charge < -0.3 is 15.5 Å². The molecule has 3 rings (SSSR count). The highest BCUT2D eigenvalue weighted by molar-refractivity contribution is 7.14. The molecular formula is C18H19N3O3S2. The lowest BCUT2D eigenvalue weighted by Crippen LogP contribution is -2.32. The summed E-state index contributed by atoms with van der Waals surface area (Å²) in [5.74, 6) is 0.0397. The lowest BCUT2D eigenvalue weighted by Gasteiger charge is -2.20. The van der Waals surface area contributed by atoms with Gasteiger partial charge in [0, 0.05) is 16.3 Å². The van der Waals surface area contributed by atoms with Crippen molar-refractivity contribution in [2.75, 3.05) is 11.9 Å². The SMILES string of the molecule is Cc1ccc(CN(CC(=O)Nc2sccc2C(N)=O)Cc2ccco2)s1. The number of hydrogen-bond acceptors (Lipinski definition) is 6. The first-order chi connectivity index (χ1) is 12.5. The van der Waals surface area contributed by atoms with E-state index >= 15 is 0 Å². The molecule has 3 N–H and O–H groups in total. The largest absolute Gasteiger partial charge is 0.468 e. The summed E-state index contributed by atoms with van der Waals surface area (Å²) in [5.41, 5.74) is 5.65. The predicted octanol–water partition coefficient (Wildman–Crippen LogP) is 3.45. The number of carbonyl (C=O) groups is 2. The van der Waals surface area contributed by atoms with E-state index in [2.05, 4.69) is 24.4 Å². The number of rotatable bonds is 8. The normalized spacial score (nSPS) is 11.0. The molecule has 0 aliphatic carbocycles. The summed E-state index contributed by atoms with van der Waals surface area (Å²) in [4.78, 5) is 28.3. The minimum Gasteiger partial charge on any atom is -0.468 e. The number of hydrogen-bond donors (Lipinski definition) is 2. The van der Waals surface area contributed by atoms with Crippen LogP contribution in [-0.4, -0.2) is 23.3 Å². The molecule has 26 heavy (non-hydrogen) atoms. The lowest BCUT2D eigenvalue weighted by atomic mass is 10.3. The zero-order valence-electron chi connectivity index (χ0n) is 14.2. The number of carbonyl (C=O) groups excluding carboxylic acids is 2. The Hall–Kier alpha value is -2.42. The van der Waals surface area contributed by atoms with E-state index in [0.29, 0.717) is 23.7 Å². The van der Waals surface area contributed by atoms with Crippen LogP contribution < -0.4 is 11.1 Å². The van der Waals surface area contributed by atoms with E-state index in [1.54, 1.807) is 29.0 Å². The van der Waals surface area contributed by atoms with Gasteiger partial charge in [-0.2, -0.15) is 0 Å². The molecule has 3 aromatic heterocycles.